The van der Waals surface area contributed by atoms with Crippen molar-refractivity contribution in [2.24, 2.45) is 7.05 Å². The number of hydrogen-bond donors (Lipinski definition) is 3. The van der Waals surface area contributed by atoms with Gasteiger partial charge in [0.05, 0.1) is 19.3 Å². The molecule has 0 saturated heterocycles. The van der Waals surface area contributed by atoms with Crippen LogP contribution in [0.15, 0.2) is 18.6 Å². The molecule has 8 heteroatoms. The normalized spacial score (nSPS) is 13.7. The van der Waals surface area contributed by atoms with E-state index in [1.165, 1.54) is 11.3 Å². The molecule has 2 aromatic rings. The van der Waals surface area contributed by atoms with Crippen LogP contribution in [0.5, 0.6) is 0 Å². The molecule has 0 aromatic carbocycles. The van der Waals surface area contributed by atoms with E-state index in [1.807, 2.05) is 6.92 Å². The molecule has 0 aliphatic carbocycles. The molecule has 7 nitrogen and oxygen atoms in total. The van der Waals surface area contributed by atoms with E-state index < -0.39 is 5.60 Å². The summed E-state index contributed by atoms with van der Waals surface area (Å²) in [6.45, 7) is 4.07. The Balaban J connectivity index is 1.80. The van der Waals surface area contributed by atoms with Gasteiger partial charge in [0, 0.05) is 29.9 Å². The molecule has 0 bridgehead atoms. The largest absolute Gasteiger partial charge is 0.383 e. The van der Waals surface area contributed by atoms with Gasteiger partial charge >= 0.3 is 6.03 Å². The van der Waals surface area contributed by atoms with Gasteiger partial charge in [0.2, 0.25) is 0 Å². The fourth-order valence-electron chi connectivity index (χ4n) is 1.76. The highest BCUT2D eigenvalue weighted by Gasteiger charge is 2.25. The number of hydrogen-bond acceptors (Lipinski definition) is 5. The molecule has 0 saturated carbocycles. The molecule has 1 unspecified atom stereocenters. The number of rotatable bonds is 5. The maximum atomic E-state index is 11.7. The molecule has 0 aliphatic rings. The van der Waals surface area contributed by atoms with Crippen molar-refractivity contribution in [1.82, 2.24) is 25.4 Å². The van der Waals surface area contributed by atoms with Crippen molar-refractivity contribution in [2.75, 3.05) is 6.54 Å². The molecule has 0 spiro atoms. The van der Waals surface area contributed by atoms with Crippen molar-refractivity contribution >= 4 is 17.4 Å². The first kappa shape index (κ1) is 15.5. The predicted octanol–water partition coefficient (Wildman–Crippen LogP) is 0.892. The van der Waals surface area contributed by atoms with Gasteiger partial charge in [0.1, 0.15) is 10.6 Å². The number of thiazole rings is 1. The lowest BCUT2D eigenvalue weighted by atomic mass is 10.00. The monoisotopic (exact) mass is 309 g/mol. The summed E-state index contributed by atoms with van der Waals surface area (Å²) in [5.74, 6) is 0. The molecule has 0 fully saturated rings. The lowest BCUT2D eigenvalue weighted by molar-refractivity contribution is 0.0593. The van der Waals surface area contributed by atoms with Gasteiger partial charge in [-0.3, -0.25) is 4.68 Å². The van der Waals surface area contributed by atoms with Crippen molar-refractivity contribution in [3.63, 3.8) is 0 Å². The maximum absolute atomic E-state index is 11.7. The molecule has 21 heavy (non-hydrogen) atoms. The Kier molecular flexibility index (Phi) is 4.59. The second-order valence-electron chi connectivity index (χ2n) is 5.08. The van der Waals surface area contributed by atoms with Gasteiger partial charge in [-0.05, 0) is 13.8 Å². The summed E-state index contributed by atoms with van der Waals surface area (Å²) in [6, 6.07) is -0.341. The molecule has 2 heterocycles. The standard InChI is InChI=1S/C13H19N5O2S/c1-9-4-14-11(21-9)6-15-12(19)16-8-13(2,20)10-5-17-18(3)7-10/h4-5,7,20H,6,8H2,1-3H3,(H2,15,16,19). The van der Waals surface area contributed by atoms with E-state index in [0.29, 0.717) is 12.1 Å². The third-order valence-electron chi connectivity index (χ3n) is 2.99. The van der Waals surface area contributed by atoms with E-state index in [9.17, 15) is 9.90 Å². The number of aromatic nitrogens is 3. The summed E-state index contributed by atoms with van der Waals surface area (Å²) in [6.07, 6.45) is 5.07. The molecule has 0 radical (unpaired) electrons. The van der Waals surface area contributed by atoms with Gasteiger partial charge in [-0.15, -0.1) is 11.3 Å². The summed E-state index contributed by atoms with van der Waals surface area (Å²) in [7, 11) is 1.77. The van der Waals surface area contributed by atoms with Crippen molar-refractivity contribution in [1.29, 1.82) is 0 Å². The number of carbonyl (C=O) groups is 1. The van der Waals surface area contributed by atoms with Gasteiger partial charge < -0.3 is 15.7 Å². The minimum Gasteiger partial charge on any atom is -0.383 e. The average molecular weight is 309 g/mol. The van der Waals surface area contributed by atoms with Crippen LogP contribution in [0.25, 0.3) is 0 Å². The quantitative estimate of drug-likeness (QED) is 0.765. The van der Waals surface area contributed by atoms with E-state index in [4.69, 9.17) is 0 Å². The zero-order valence-electron chi connectivity index (χ0n) is 12.3. The third kappa shape index (κ3) is 4.27. The van der Waals surface area contributed by atoms with Gasteiger partial charge in [-0.1, -0.05) is 0 Å². The van der Waals surface area contributed by atoms with Gasteiger partial charge in [0.25, 0.3) is 0 Å². The summed E-state index contributed by atoms with van der Waals surface area (Å²) in [4.78, 5) is 17.0. The minimum atomic E-state index is -1.16. The smallest absolute Gasteiger partial charge is 0.315 e. The van der Waals surface area contributed by atoms with Gasteiger partial charge in [-0.25, -0.2) is 9.78 Å². The number of nitrogens with one attached hydrogen (secondary N) is 2. The van der Waals surface area contributed by atoms with Crippen molar-refractivity contribution < 1.29 is 9.90 Å². The number of carbonyl (C=O) groups excluding carboxylic acids is 1. The predicted molar refractivity (Wildman–Crippen MR) is 79.9 cm³/mol. The highest BCUT2D eigenvalue weighted by molar-refractivity contribution is 7.11. The molecular weight excluding hydrogens is 290 g/mol. The Hall–Kier alpha value is -1.93. The third-order valence-corrected chi connectivity index (χ3v) is 3.90. The molecule has 2 amide bonds. The first-order valence-corrected chi connectivity index (χ1v) is 7.33. The molecule has 0 aliphatic heterocycles. The van der Waals surface area contributed by atoms with Crippen LogP contribution in [0.4, 0.5) is 4.79 Å². The van der Waals surface area contributed by atoms with Gasteiger partial charge in [-0.2, -0.15) is 5.10 Å². The number of aryl methyl sites for hydroxylation is 2. The van der Waals surface area contributed by atoms with Crippen LogP contribution in [-0.4, -0.2) is 32.4 Å². The summed E-state index contributed by atoms with van der Waals surface area (Å²) >= 11 is 1.54. The summed E-state index contributed by atoms with van der Waals surface area (Å²) < 4.78 is 1.61. The Bertz CT molecular complexity index is 620. The summed E-state index contributed by atoms with van der Waals surface area (Å²) in [5, 5.41) is 20.5. The Morgan fingerprint density at radius 3 is 2.81 bits per heavy atom. The molecule has 2 aromatic heterocycles. The van der Waals surface area contributed by atoms with E-state index in [1.54, 1.807) is 37.2 Å². The van der Waals surface area contributed by atoms with Crippen LogP contribution in [0.3, 0.4) is 0 Å². The summed E-state index contributed by atoms with van der Waals surface area (Å²) in [5.41, 5.74) is -0.510. The van der Waals surface area contributed by atoms with E-state index in [-0.39, 0.29) is 12.6 Å². The zero-order chi connectivity index (χ0) is 15.5. The van der Waals surface area contributed by atoms with E-state index >= 15 is 0 Å². The minimum absolute atomic E-state index is 0.0986. The molecule has 2 rings (SSSR count). The number of aliphatic hydroxyl groups is 1. The fraction of sp³-hybridized carbons (Fsp3) is 0.462. The topological polar surface area (TPSA) is 92.1 Å². The zero-order valence-corrected chi connectivity index (χ0v) is 13.1. The van der Waals surface area contributed by atoms with E-state index in [2.05, 4.69) is 20.7 Å². The Labute approximate surface area is 127 Å². The number of urea groups is 1. The van der Waals surface area contributed by atoms with Crippen LogP contribution in [0.1, 0.15) is 22.4 Å². The van der Waals surface area contributed by atoms with Crippen LogP contribution in [-0.2, 0) is 19.2 Å². The average Bonchev–Trinajstić information content (AvgIpc) is 3.03. The Morgan fingerprint density at radius 2 is 2.24 bits per heavy atom. The first-order valence-electron chi connectivity index (χ1n) is 6.51. The van der Waals surface area contributed by atoms with Crippen molar-refractivity contribution in [2.45, 2.75) is 26.0 Å². The van der Waals surface area contributed by atoms with Crippen molar-refractivity contribution in [3.05, 3.63) is 34.0 Å². The first-order chi connectivity index (χ1) is 9.87. The Morgan fingerprint density at radius 1 is 1.48 bits per heavy atom. The van der Waals surface area contributed by atoms with Crippen LogP contribution in [0, 0.1) is 6.92 Å². The maximum Gasteiger partial charge on any atom is 0.315 e. The lowest BCUT2D eigenvalue weighted by Crippen LogP contribution is -2.43. The van der Waals surface area contributed by atoms with E-state index in [0.717, 1.165) is 9.88 Å². The van der Waals surface area contributed by atoms with Gasteiger partial charge in [0.15, 0.2) is 0 Å². The van der Waals surface area contributed by atoms with Crippen LogP contribution < -0.4 is 10.6 Å². The molecule has 3 N–H and O–H groups in total. The molecule has 114 valence electrons. The van der Waals surface area contributed by atoms with Crippen molar-refractivity contribution in [3.8, 4) is 0 Å². The number of amides is 2. The second-order valence-corrected chi connectivity index (χ2v) is 6.40. The highest BCUT2D eigenvalue weighted by atomic mass is 32.1. The second kappa shape index (κ2) is 6.23. The lowest BCUT2D eigenvalue weighted by Gasteiger charge is -2.22. The molecular formula is C13H19N5O2S. The molecule has 1 atom stereocenters. The fourth-order valence-corrected chi connectivity index (χ4v) is 2.48. The highest BCUT2D eigenvalue weighted by Crippen LogP contribution is 2.18. The van der Waals surface area contributed by atoms with Crippen LogP contribution in [0.2, 0.25) is 0 Å². The number of nitrogens with zero attached hydrogens (tertiary/aromatic N) is 3. The van der Waals surface area contributed by atoms with Crippen LogP contribution >= 0.6 is 11.3 Å². The SMILES string of the molecule is Cc1cnc(CNC(=O)NCC(C)(O)c2cnn(C)c2)s1.